The summed E-state index contributed by atoms with van der Waals surface area (Å²) in [5.41, 5.74) is 5.37. The number of hydrogen-bond acceptors (Lipinski definition) is 7. The molecule has 0 aliphatic carbocycles. The zero-order valence-corrected chi connectivity index (χ0v) is 16.4. The van der Waals surface area contributed by atoms with E-state index in [4.69, 9.17) is 15.2 Å². The third-order valence-corrected chi connectivity index (χ3v) is 6.45. The Morgan fingerprint density at radius 2 is 2.04 bits per heavy atom. The van der Waals surface area contributed by atoms with Gasteiger partial charge in [-0.1, -0.05) is 13.0 Å². The number of pyridine rings is 1. The van der Waals surface area contributed by atoms with E-state index in [1.165, 1.54) is 39.3 Å². The van der Waals surface area contributed by atoms with Crippen molar-refractivity contribution in [3.05, 3.63) is 40.8 Å². The molecule has 0 amide bonds. The zero-order chi connectivity index (χ0) is 20.3. The van der Waals surface area contributed by atoms with Crippen LogP contribution in [-0.2, 0) is 26.2 Å². The molecule has 1 aliphatic heterocycles. The second-order valence-electron chi connectivity index (χ2n) is 6.59. The lowest BCUT2D eigenvalue weighted by atomic mass is 10.2. The predicted molar refractivity (Wildman–Crippen MR) is 102 cm³/mol. The Bertz CT molecular complexity index is 1030. The number of rotatable bonds is 6. The van der Waals surface area contributed by atoms with E-state index in [1.54, 1.807) is 0 Å². The molecule has 2 heterocycles. The third kappa shape index (κ3) is 4.03. The molecule has 2 N–H and O–H groups in total. The molecule has 0 spiro atoms. The molecule has 9 nitrogen and oxygen atoms in total. The van der Waals surface area contributed by atoms with Gasteiger partial charge in [0.25, 0.3) is 5.56 Å². The van der Waals surface area contributed by atoms with Gasteiger partial charge in [-0.25, -0.2) is 13.2 Å². The molecular weight excluding hydrogens is 386 g/mol. The third-order valence-electron chi connectivity index (χ3n) is 4.53. The van der Waals surface area contributed by atoms with Crippen molar-refractivity contribution in [2.75, 3.05) is 19.7 Å². The van der Waals surface area contributed by atoms with Gasteiger partial charge in [0.2, 0.25) is 10.0 Å². The highest BCUT2D eigenvalue weighted by Crippen LogP contribution is 2.26. The lowest BCUT2D eigenvalue weighted by molar-refractivity contribution is 0.0331. The maximum atomic E-state index is 13.0. The van der Waals surface area contributed by atoms with Crippen molar-refractivity contribution in [1.29, 1.82) is 0 Å². The van der Waals surface area contributed by atoms with Crippen molar-refractivity contribution < 1.29 is 22.7 Å². The Kier molecular flexibility index (Phi) is 6.01. The van der Waals surface area contributed by atoms with Crippen LogP contribution in [0.15, 0.2) is 40.2 Å². The molecular formula is C18H23N3O6S. The molecule has 3 rings (SSSR count). The highest BCUT2D eigenvalue weighted by molar-refractivity contribution is 7.89. The van der Waals surface area contributed by atoms with Gasteiger partial charge in [-0.05, 0) is 31.0 Å². The number of nitrogens with two attached hydrogens (primary N) is 1. The number of hydrogen-bond donors (Lipinski definition) is 1. The van der Waals surface area contributed by atoms with Crippen LogP contribution in [0.2, 0.25) is 0 Å². The predicted octanol–water partition coefficient (Wildman–Crippen LogP) is 1.24. The quantitative estimate of drug-likeness (QED) is 0.713. The lowest BCUT2D eigenvalue weighted by Gasteiger charge is -2.17. The number of aromatic nitrogens is 1. The molecule has 1 aromatic heterocycles. The first-order valence-electron chi connectivity index (χ1n) is 9.02. The van der Waals surface area contributed by atoms with Gasteiger partial charge in [0.15, 0.2) is 6.73 Å². The number of carbonyl (C=O) groups is 1. The van der Waals surface area contributed by atoms with Crippen LogP contribution in [0.1, 0.15) is 19.8 Å². The first kappa shape index (κ1) is 20.3. The smallest absolute Gasteiger partial charge is 0.434 e. The Labute approximate surface area is 162 Å². The van der Waals surface area contributed by atoms with Gasteiger partial charge in [-0.3, -0.25) is 9.36 Å². The second-order valence-corrected chi connectivity index (χ2v) is 8.50. The topological polar surface area (TPSA) is 121 Å². The Morgan fingerprint density at radius 1 is 1.25 bits per heavy atom. The van der Waals surface area contributed by atoms with Crippen LogP contribution < -0.4 is 11.3 Å². The minimum absolute atomic E-state index is 0.0617. The lowest BCUT2D eigenvalue weighted by Crippen LogP contribution is -2.32. The number of carbonyl (C=O) groups excluding carboxylic acids is 1. The van der Waals surface area contributed by atoms with Crippen molar-refractivity contribution in [2.24, 2.45) is 5.73 Å². The molecule has 0 bridgehead atoms. The summed E-state index contributed by atoms with van der Waals surface area (Å²) in [6, 6.07) is 5.88. The second kappa shape index (κ2) is 8.29. The van der Waals surface area contributed by atoms with E-state index >= 15 is 0 Å². The molecule has 28 heavy (non-hydrogen) atoms. The van der Waals surface area contributed by atoms with Crippen LogP contribution in [0.25, 0.3) is 10.8 Å². The van der Waals surface area contributed by atoms with E-state index in [2.05, 4.69) is 0 Å². The average Bonchev–Trinajstić information content (AvgIpc) is 3.12. The highest BCUT2D eigenvalue weighted by Gasteiger charge is 2.32. The number of ether oxygens (including phenoxy) is 2. The first-order chi connectivity index (χ1) is 13.3. The monoisotopic (exact) mass is 409 g/mol. The average molecular weight is 409 g/mol. The van der Waals surface area contributed by atoms with Crippen LogP contribution in [0.5, 0.6) is 0 Å². The SMILES string of the molecule is CCCOC(=O)OCn1ccc2c(S(=O)(=O)N3CC[C@H](N)C3)cccc2c1=O. The van der Waals surface area contributed by atoms with Gasteiger partial charge >= 0.3 is 6.16 Å². The van der Waals surface area contributed by atoms with E-state index in [9.17, 15) is 18.0 Å². The molecule has 152 valence electrons. The van der Waals surface area contributed by atoms with E-state index in [0.29, 0.717) is 24.8 Å². The van der Waals surface area contributed by atoms with E-state index in [-0.39, 0.29) is 36.2 Å². The summed E-state index contributed by atoms with van der Waals surface area (Å²) < 4.78 is 38.2. The molecule has 1 aliphatic rings. The molecule has 0 radical (unpaired) electrons. The number of benzene rings is 1. The van der Waals surface area contributed by atoms with Gasteiger partial charge in [0, 0.05) is 36.1 Å². The van der Waals surface area contributed by atoms with Crippen LogP contribution in [0, 0.1) is 0 Å². The molecule has 1 saturated heterocycles. The van der Waals surface area contributed by atoms with Crippen molar-refractivity contribution in [1.82, 2.24) is 8.87 Å². The van der Waals surface area contributed by atoms with E-state index in [1.807, 2.05) is 6.92 Å². The summed E-state index contributed by atoms with van der Waals surface area (Å²) in [6.45, 7) is 2.36. The number of nitrogens with zero attached hydrogens (tertiary/aromatic N) is 2. The van der Waals surface area contributed by atoms with Crippen molar-refractivity contribution in [2.45, 2.75) is 37.4 Å². The summed E-state index contributed by atoms with van der Waals surface area (Å²) in [6.07, 6.45) is 1.79. The fourth-order valence-electron chi connectivity index (χ4n) is 3.08. The van der Waals surface area contributed by atoms with Gasteiger partial charge in [0.05, 0.1) is 11.5 Å². The van der Waals surface area contributed by atoms with Crippen LogP contribution in [-0.4, -0.2) is 49.2 Å². The summed E-state index contributed by atoms with van der Waals surface area (Å²) in [4.78, 5) is 24.2. The Balaban J connectivity index is 1.91. The highest BCUT2D eigenvalue weighted by atomic mass is 32.2. The molecule has 1 aromatic carbocycles. The van der Waals surface area contributed by atoms with Crippen molar-refractivity contribution >= 4 is 27.0 Å². The maximum absolute atomic E-state index is 13.0. The molecule has 0 unspecified atom stereocenters. The van der Waals surface area contributed by atoms with Gasteiger partial charge < -0.3 is 15.2 Å². The van der Waals surface area contributed by atoms with Crippen molar-refractivity contribution in [3.8, 4) is 0 Å². The fraction of sp³-hybridized carbons (Fsp3) is 0.444. The molecule has 2 aromatic rings. The van der Waals surface area contributed by atoms with E-state index < -0.39 is 21.7 Å². The molecule has 10 heteroatoms. The zero-order valence-electron chi connectivity index (χ0n) is 15.5. The summed E-state index contributed by atoms with van der Waals surface area (Å²) in [5, 5.41) is 0.537. The summed E-state index contributed by atoms with van der Waals surface area (Å²) in [7, 11) is -3.76. The van der Waals surface area contributed by atoms with Crippen LogP contribution in [0.3, 0.4) is 0 Å². The number of fused-ring (bicyclic) bond motifs is 1. The summed E-state index contributed by atoms with van der Waals surface area (Å²) in [5.74, 6) is 0. The maximum Gasteiger partial charge on any atom is 0.510 e. The molecule has 0 saturated carbocycles. The summed E-state index contributed by atoms with van der Waals surface area (Å²) >= 11 is 0. The van der Waals surface area contributed by atoms with E-state index in [0.717, 1.165) is 0 Å². The minimum atomic E-state index is -3.76. The normalized spacial score (nSPS) is 17.7. The van der Waals surface area contributed by atoms with Crippen LogP contribution in [0.4, 0.5) is 4.79 Å². The standard InChI is InChI=1S/C18H23N3O6S/c1-2-10-26-18(23)27-12-20-8-7-14-15(17(20)22)4-3-5-16(14)28(24,25)21-9-6-13(19)11-21/h3-5,7-8,13H,2,6,9-12,19H2,1H3/t13-/m0/s1. The van der Waals surface area contributed by atoms with Gasteiger partial charge in [0.1, 0.15) is 0 Å². The number of sulfonamides is 1. The molecule has 1 atom stereocenters. The fourth-order valence-corrected chi connectivity index (χ4v) is 4.79. The largest absolute Gasteiger partial charge is 0.510 e. The van der Waals surface area contributed by atoms with Gasteiger partial charge in [-0.2, -0.15) is 4.31 Å². The molecule has 1 fully saturated rings. The first-order valence-corrected chi connectivity index (χ1v) is 10.5. The van der Waals surface area contributed by atoms with Crippen LogP contribution >= 0.6 is 0 Å². The minimum Gasteiger partial charge on any atom is -0.434 e. The Hall–Kier alpha value is -2.43. The van der Waals surface area contributed by atoms with Gasteiger partial charge in [-0.15, -0.1) is 0 Å². The van der Waals surface area contributed by atoms with Crippen molar-refractivity contribution in [3.63, 3.8) is 0 Å². The Morgan fingerprint density at radius 3 is 2.71 bits per heavy atom.